The Morgan fingerprint density at radius 2 is 1.95 bits per heavy atom. The standard InChI is InChI=1S/C17H20O5/c18-13(11-22-14-4-2-1-3-5-14)8-6-12-7-9-16(19)15(12)10-17(20)21/h1-5,7,15-16,19H,6,8-11H2,(H,20,21). The number of aliphatic hydroxyl groups is 1. The van der Waals surface area contributed by atoms with E-state index < -0.39 is 12.1 Å². The minimum Gasteiger partial charge on any atom is -0.486 e. The van der Waals surface area contributed by atoms with Gasteiger partial charge in [-0.25, -0.2) is 0 Å². The third-order valence-corrected chi connectivity index (χ3v) is 3.79. The van der Waals surface area contributed by atoms with Crippen LogP contribution in [0.15, 0.2) is 42.0 Å². The minimum atomic E-state index is -0.935. The second kappa shape index (κ2) is 7.75. The van der Waals surface area contributed by atoms with Crippen molar-refractivity contribution in [3.63, 3.8) is 0 Å². The Morgan fingerprint density at radius 3 is 2.64 bits per heavy atom. The second-order valence-electron chi connectivity index (χ2n) is 5.43. The van der Waals surface area contributed by atoms with Gasteiger partial charge in [-0.3, -0.25) is 9.59 Å². The number of benzene rings is 1. The smallest absolute Gasteiger partial charge is 0.304 e. The van der Waals surface area contributed by atoms with E-state index in [4.69, 9.17) is 9.84 Å². The van der Waals surface area contributed by atoms with Gasteiger partial charge in [-0.1, -0.05) is 29.8 Å². The molecule has 0 aromatic heterocycles. The van der Waals surface area contributed by atoms with E-state index >= 15 is 0 Å². The SMILES string of the molecule is O=C(O)CC1C(CCC(=O)COc2ccccc2)=CCC1O. The summed E-state index contributed by atoms with van der Waals surface area (Å²) in [7, 11) is 0. The van der Waals surface area contributed by atoms with E-state index in [0.717, 1.165) is 5.57 Å². The normalized spacial score (nSPS) is 20.5. The van der Waals surface area contributed by atoms with Crippen LogP contribution < -0.4 is 4.74 Å². The quantitative estimate of drug-likeness (QED) is 0.719. The maximum absolute atomic E-state index is 11.9. The van der Waals surface area contributed by atoms with Crippen LogP contribution in [0.4, 0.5) is 0 Å². The highest BCUT2D eigenvalue weighted by atomic mass is 16.5. The van der Waals surface area contributed by atoms with Crippen LogP contribution in [0.3, 0.4) is 0 Å². The van der Waals surface area contributed by atoms with E-state index in [1.807, 2.05) is 24.3 Å². The molecule has 0 spiro atoms. The molecule has 0 fully saturated rings. The van der Waals surface area contributed by atoms with Crippen LogP contribution in [-0.2, 0) is 9.59 Å². The monoisotopic (exact) mass is 304 g/mol. The molecule has 0 saturated heterocycles. The number of ether oxygens (including phenoxy) is 1. The lowest BCUT2D eigenvalue weighted by Crippen LogP contribution is -2.21. The van der Waals surface area contributed by atoms with Crippen LogP contribution in [0, 0.1) is 5.92 Å². The van der Waals surface area contributed by atoms with Gasteiger partial charge in [-0.05, 0) is 25.0 Å². The van der Waals surface area contributed by atoms with Crippen LogP contribution in [-0.4, -0.2) is 34.7 Å². The predicted molar refractivity (Wildman–Crippen MR) is 80.6 cm³/mol. The lowest BCUT2D eigenvalue weighted by atomic mass is 9.92. The molecule has 118 valence electrons. The van der Waals surface area contributed by atoms with Gasteiger partial charge in [-0.15, -0.1) is 0 Å². The number of carbonyl (C=O) groups excluding carboxylic acids is 1. The number of hydrogen-bond acceptors (Lipinski definition) is 4. The van der Waals surface area contributed by atoms with Crippen molar-refractivity contribution in [1.29, 1.82) is 0 Å². The molecule has 0 radical (unpaired) electrons. The van der Waals surface area contributed by atoms with E-state index in [1.54, 1.807) is 12.1 Å². The number of carboxylic acid groups (broad SMARTS) is 1. The molecule has 1 aromatic rings. The fourth-order valence-corrected chi connectivity index (χ4v) is 2.61. The van der Waals surface area contributed by atoms with E-state index in [9.17, 15) is 14.7 Å². The van der Waals surface area contributed by atoms with Crippen molar-refractivity contribution in [3.8, 4) is 5.75 Å². The Kier molecular flexibility index (Phi) is 5.72. The number of para-hydroxylation sites is 1. The van der Waals surface area contributed by atoms with E-state index in [1.165, 1.54) is 0 Å². The van der Waals surface area contributed by atoms with E-state index in [2.05, 4.69) is 0 Å². The van der Waals surface area contributed by atoms with E-state index in [0.29, 0.717) is 25.0 Å². The topological polar surface area (TPSA) is 83.8 Å². The van der Waals surface area contributed by atoms with Crippen LogP contribution in [0.25, 0.3) is 0 Å². The number of ketones is 1. The average Bonchev–Trinajstić information content (AvgIpc) is 2.84. The average molecular weight is 304 g/mol. The Balaban J connectivity index is 1.77. The fourth-order valence-electron chi connectivity index (χ4n) is 2.61. The van der Waals surface area contributed by atoms with Gasteiger partial charge in [0, 0.05) is 12.3 Å². The third kappa shape index (κ3) is 4.70. The van der Waals surface area contributed by atoms with E-state index in [-0.39, 0.29) is 24.7 Å². The summed E-state index contributed by atoms with van der Waals surface area (Å²) in [6, 6.07) is 9.11. The van der Waals surface area contributed by atoms with Crippen LogP contribution in [0.5, 0.6) is 5.75 Å². The largest absolute Gasteiger partial charge is 0.486 e. The molecular weight excluding hydrogens is 284 g/mol. The van der Waals surface area contributed by atoms with Crippen molar-refractivity contribution in [1.82, 2.24) is 0 Å². The molecule has 2 unspecified atom stereocenters. The zero-order chi connectivity index (χ0) is 15.9. The molecule has 5 nitrogen and oxygen atoms in total. The van der Waals surface area contributed by atoms with Gasteiger partial charge in [-0.2, -0.15) is 0 Å². The summed E-state index contributed by atoms with van der Waals surface area (Å²) < 4.78 is 5.38. The van der Waals surface area contributed by atoms with Gasteiger partial charge in [0.25, 0.3) is 0 Å². The number of carboxylic acids is 1. The molecule has 0 saturated carbocycles. The highest BCUT2D eigenvalue weighted by Crippen LogP contribution is 2.32. The van der Waals surface area contributed by atoms with Crippen LogP contribution in [0.2, 0.25) is 0 Å². The first-order chi connectivity index (χ1) is 10.6. The number of rotatable bonds is 8. The molecule has 0 heterocycles. The molecule has 1 aromatic carbocycles. The molecule has 1 aliphatic carbocycles. The number of hydrogen-bond donors (Lipinski definition) is 2. The molecule has 5 heteroatoms. The first kappa shape index (κ1) is 16.2. The summed E-state index contributed by atoms with van der Waals surface area (Å²) in [5, 5.41) is 18.7. The Hall–Kier alpha value is -2.14. The van der Waals surface area contributed by atoms with Gasteiger partial charge in [0.05, 0.1) is 12.5 Å². The molecular formula is C17H20O5. The zero-order valence-corrected chi connectivity index (χ0v) is 12.3. The Labute approximate surface area is 129 Å². The summed E-state index contributed by atoms with van der Waals surface area (Å²) in [6.07, 6.45) is 2.34. The lowest BCUT2D eigenvalue weighted by molar-refractivity contribution is -0.138. The number of aliphatic carboxylic acids is 1. The van der Waals surface area contributed by atoms with Crippen molar-refractivity contribution in [2.24, 2.45) is 5.92 Å². The molecule has 22 heavy (non-hydrogen) atoms. The van der Waals surface area contributed by atoms with Crippen LogP contribution >= 0.6 is 0 Å². The first-order valence-electron chi connectivity index (χ1n) is 7.34. The molecule has 0 bridgehead atoms. The Morgan fingerprint density at radius 1 is 1.23 bits per heavy atom. The number of aliphatic hydroxyl groups excluding tert-OH is 1. The highest BCUT2D eigenvalue weighted by Gasteiger charge is 2.29. The molecule has 0 amide bonds. The van der Waals surface area contributed by atoms with Crippen molar-refractivity contribution in [2.45, 2.75) is 31.8 Å². The maximum atomic E-state index is 11.9. The second-order valence-corrected chi connectivity index (χ2v) is 5.43. The van der Waals surface area contributed by atoms with Gasteiger partial charge < -0.3 is 14.9 Å². The first-order valence-corrected chi connectivity index (χ1v) is 7.34. The molecule has 0 aliphatic heterocycles. The highest BCUT2D eigenvalue weighted by molar-refractivity contribution is 5.80. The zero-order valence-electron chi connectivity index (χ0n) is 12.3. The Bertz CT molecular complexity index is 549. The summed E-state index contributed by atoms with van der Waals surface area (Å²) in [5.74, 6) is -0.703. The van der Waals surface area contributed by atoms with Gasteiger partial charge in [0.15, 0.2) is 5.78 Å². The van der Waals surface area contributed by atoms with Gasteiger partial charge in [0.1, 0.15) is 12.4 Å². The molecule has 2 rings (SSSR count). The lowest BCUT2D eigenvalue weighted by Gasteiger charge is -2.16. The van der Waals surface area contributed by atoms with Crippen molar-refractivity contribution in [3.05, 3.63) is 42.0 Å². The summed E-state index contributed by atoms with van der Waals surface area (Å²) in [6.45, 7) is 0.00342. The molecule has 1 aliphatic rings. The molecule has 2 N–H and O–H groups in total. The third-order valence-electron chi connectivity index (χ3n) is 3.79. The van der Waals surface area contributed by atoms with Crippen LogP contribution in [0.1, 0.15) is 25.7 Å². The number of carbonyl (C=O) groups is 2. The van der Waals surface area contributed by atoms with Crippen molar-refractivity contribution >= 4 is 11.8 Å². The van der Waals surface area contributed by atoms with Crippen molar-refractivity contribution in [2.75, 3.05) is 6.61 Å². The van der Waals surface area contributed by atoms with Crippen molar-refractivity contribution < 1.29 is 24.5 Å². The molecule has 2 atom stereocenters. The van der Waals surface area contributed by atoms with Gasteiger partial charge >= 0.3 is 5.97 Å². The summed E-state index contributed by atoms with van der Waals surface area (Å²) in [5.41, 5.74) is 0.864. The van der Waals surface area contributed by atoms with Gasteiger partial charge in [0.2, 0.25) is 0 Å². The number of Topliss-reactive ketones (excluding diaryl/α,β-unsaturated/α-hetero) is 1. The fraction of sp³-hybridized carbons (Fsp3) is 0.412. The predicted octanol–water partition coefficient (Wildman–Crippen LogP) is 2.20. The summed E-state index contributed by atoms with van der Waals surface area (Å²) in [4.78, 5) is 22.7. The summed E-state index contributed by atoms with van der Waals surface area (Å²) >= 11 is 0. The maximum Gasteiger partial charge on any atom is 0.304 e. The minimum absolute atomic E-state index is 0.00342.